The summed E-state index contributed by atoms with van der Waals surface area (Å²) in [6, 6.07) is 13.9. The Labute approximate surface area is 207 Å². The average molecular weight is 480 g/mol. The Bertz CT molecular complexity index is 1170. The van der Waals surface area contributed by atoms with Crippen molar-refractivity contribution in [1.82, 2.24) is 9.97 Å². The summed E-state index contributed by atoms with van der Waals surface area (Å²) in [7, 11) is 0. The molecule has 0 fully saturated rings. The van der Waals surface area contributed by atoms with E-state index in [9.17, 15) is 8.78 Å². The number of nitrogen functional groups attached to an aromatic ring is 1. The van der Waals surface area contributed by atoms with Crippen LogP contribution in [0.5, 0.6) is 0 Å². The van der Waals surface area contributed by atoms with E-state index in [1.165, 1.54) is 12.1 Å². The van der Waals surface area contributed by atoms with Crippen LogP contribution in [-0.4, -0.2) is 16.5 Å². The second-order valence-corrected chi connectivity index (χ2v) is 8.82. The number of hydrogen-bond donors (Lipinski definition) is 2. The highest BCUT2D eigenvalue weighted by molar-refractivity contribution is 5.72. The quantitative estimate of drug-likeness (QED) is 0.283. The molecule has 0 saturated carbocycles. The van der Waals surface area contributed by atoms with Crippen LogP contribution in [-0.2, 0) is 12.3 Å². The monoisotopic (exact) mass is 479 g/mol. The summed E-state index contributed by atoms with van der Waals surface area (Å²) in [4.78, 5) is 11.4. The van der Waals surface area contributed by atoms with Crippen LogP contribution < -0.4 is 16.0 Å². The molecule has 2 aromatic heterocycles. The molecule has 0 aliphatic carbocycles. The Morgan fingerprint density at radius 2 is 1.86 bits per heavy atom. The molecule has 0 aliphatic heterocycles. The number of nitrogens with one attached hydrogen (secondary N) is 1. The van der Waals surface area contributed by atoms with Crippen LogP contribution in [0.15, 0.2) is 60.9 Å². The lowest BCUT2D eigenvalue weighted by Crippen LogP contribution is -2.29. The first-order valence-corrected chi connectivity index (χ1v) is 12.1. The van der Waals surface area contributed by atoms with Crippen molar-refractivity contribution in [1.29, 1.82) is 0 Å². The standard InChI is InChI=1S/C28H35F2N5/c1-6-8-9-17-35(20(4)33-26-21(7-2)14-13-19(3)32-26)27-24(31)15-16-25(34-27)22-11-10-12-23(18-22)28(5,29)30/h10-16,18H,4,6-9,17,31H2,1-3,5H3,(H,32,33). The minimum absolute atomic E-state index is 0.0568. The lowest BCUT2D eigenvalue weighted by molar-refractivity contribution is 0.0175. The van der Waals surface area contributed by atoms with Gasteiger partial charge in [-0.2, -0.15) is 0 Å². The van der Waals surface area contributed by atoms with Crippen LogP contribution in [0, 0.1) is 6.92 Å². The summed E-state index contributed by atoms with van der Waals surface area (Å²) in [5, 5.41) is 3.37. The third kappa shape index (κ3) is 6.56. The Kier molecular flexibility index (Phi) is 8.43. The largest absolute Gasteiger partial charge is 0.396 e. The average Bonchev–Trinajstić information content (AvgIpc) is 2.82. The van der Waals surface area contributed by atoms with E-state index in [0.29, 0.717) is 35.1 Å². The smallest absolute Gasteiger partial charge is 0.270 e. The van der Waals surface area contributed by atoms with Crippen molar-refractivity contribution in [3.8, 4) is 11.3 Å². The highest BCUT2D eigenvalue weighted by Gasteiger charge is 2.25. The predicted octanol–water partition coefficient (Wildman–Crippen LogP) is 7.29. The molecule has 0 saturated heterocycles. The number of nitrogens with zero attached hydrogens (tertiary/aromatic N) is 3. The number of benzene rings is 1. The van der Waals surface area contributed by atoms with E-state index in [2.05, 4.69) is 36.8 Å². The molecule has 3 rings (SSSR count). The first-order chi connectivity index (χ1) is 16.6. The van der Waals surface area contributed by atoms with Gasteiger partial charge < -0.3 is 16.0 Å². The number of halogens is 2. The highest BCUT2D eigenvalue weighted by atomic mass is 19.3. The summed E-state index contributed by atoms with van der Waals surface area (Å²) < 4.78 is 27.8. The predicted molar refractivity (Wildman–Crippen MR) is 142 cm³/mol. The van der Waals surface area contributed by atoms with E-state index < -0.39 is 5.92 Å². The second-order valence-electron chi connectivity index (χ2n) is 8.82. The molecular weight excluding hydrogens is 444 g/mol. The van der Waals surface area contributed by atoms with Crippen LogP contribution in [0.3, 0.4) is 0 Å². The van der Waals surface area contributed by atoms with Gasteiger partial charge in [0, 0.05) is 30.3 Å². The van der Waals surface area contributed by atoms with Gasteiger partial charge in [-0.1, -0.05) is 57.5 Å². The van der Waals surface area contributed by atoms with Crippen LogP contribution in [0.2, 0.25) is 0 Å². The van der Waals surface area contributed by atoms with E-state index in [0.717, 1.165) is 49.7 Å². The molecule has 0 radical (unpaired) electrons. The fourth-order valence-electron chi connectivity index (χ4n) is 3.86. The first-order valence-electron chi connectivity index (χ1n) is 12.1. The van der Waals surface area contributed by atoms with E-state index in [-0.39, 0.29) is 5.56 Å². The molecule has 0 atom stereocenters. The highest BCUT2D eigenvalue weighted by Crippen LogP contribution is 2.33. The van der Waals surface area contributed by atoms with E-state index in [1.807, 2.05) is 17.9 Å². The Morgan fingerprint density at radius 3 is 2.54 bits per heavy atom. The van der Waals surface area contributed by atoms with Gasteiger partial charge in [0.25, 0.3) is 5.92 Å². The van der Waals surface area contributed by atoms with Crippen LogP contribution in [0.4, 0.5) is 26.1 Å². The molecule has 0 aliphatic rings. The number of pyridine rings is 2. The minimum atomic E-state index is -2.94. The molecule has 186 valence electrons. The molecular formula is C28H35F2N5. The number of aryl methyl sites for hydroxylation is 2. The van der Waals surface area contributed by atoms with Crippen molar-refractivity contribution < 1.29 is 8.78 Å². The van der Waals surface area contributed by atoms with Gasteiger partial charge in [0.15, 0.2) is 5.82 Å². The molecule has 3 N–H and O–H groups in total. The van der Waals surface area contributed by atoms with Gasteiger partial charge >= 0.3 is 0 Å². The van der Waals surface area contributed by atoms with Crippen molar-refractivity contribution in [2.45, 2.75) is 59.3 Å². The zero-order chi connectivity index (χ0) is 25.6. The maximum Gasteiger partial charge on any atom is 0.270 e. The molecule has 2 heterocycles. The molecule has 0 amide bonds. The lowest BCUT2D eigenvalue weighted by Gasteiger charge is -2.28. The van der Waals surface area contributed by atoms with Crippen LogP contribution >= 0.6 is 0 Å². The van der Waals surface area contributed by atoms with Gasteiger partial charge in [-0.25, -0.2) is 18.7 Å². The number of nitrogens with two attached hydrogens (primary N) is 1. The molecule has 5 nitrogen and oxygen atoms in total. The summed E-state index contributed by atoms with van der Waals surface area (Å²) in [6.45, 7) is 12.0. The summed E-state index contributed by atoms with van der Waals surface area (Å²) >= 11 is 0. The zero-order valence-corrected chi connectivity index (χ0v) is 21.0. The van der Waals surface area contributed by atoms with Gasteiger partial charge in [-0.3, -0.25) is 0 Å². The minimum Gasteiger partial charge on any atom is -0.396 e. The maximum atomic E-state index is 13.9. The van der Waals surface area contributed by atoms with E-state index >= 15 is 0 Å². The van der Waals surface area contributed by atoms with Crippen molar-refractivity contribution in [3.05, 3.63) is 77.8 Å². The number of rotatable bonds is 11. The van der Waals surface area contributed by atoms with E-state index in [4.69, 9.17) is 10.7 Å². The van der Waals surface area contributed by atoms with Gasteiger partial charge in [0.1, 0.15) is 11.6 Å². The van der Waals surface area contributed by atoms with Gasteiger partial charge in [0.05, 0.1) is 11.4 Å². The fraction of sp³-hybridized carbons (Fsp3) is 0.357. The number of aromatic nitrogens is 2. The van der Waals surface area contributed by atoms with Gasteiger partial charge in [-0.15, -0.1) is 0 Å². The Hall–Kier alpha value is -3.48. The SMILES string of the molecule is C=C(Nc1nc(C)ccc1CC)N(CCCCC)c1nc(-c2cccc(C(C)(F)F)c2)ccc1N. The van der Waals surface area contributed by atoms with Crippen molar-refractivity contribution >= 4 is 17.3 Å². The lowest BCUT2D eigenvalue weighted by atomic mass is 10.0. The molecule has 1 aromatic carbocycles. The van der Waals surface area contributed by atoms with Crippen molar-refractivity contribution in [2.24, 2.45) is 0 Å². The van der Waals surface area contributed by atoms with Gasteiger partial charge in [-0.05, 0) is 49.6 Å². The van der Waals surface area contributed by atoms with Crippen molar-refractivity contribution in [3.63, 3.8) is 0 Å². The fourth-order valence-corrected chi connectivity index (χ4v) is 3.86. The molecule has 0 spiro atoms. The normalized spacial score (nSPS) is 11.4. The second kappa shape index (κ2) is 11.3. The third-order valence-electron chi connectivity index (χ3n) is 5.90. The van der Waals surface area contributed by atoms with E-state index in [1.54, 1.807) is 24.3 Å². The number of anilines is 3. The molecule has 0 unspecified atom stereocenters. The number of hydrogen-bond acceptors (Lipinski definition) is 5. The summed E-state index contributed by atoms with van der Waals surface area (Å²) in [5.41, 5.74) is 9.96. The van der Waals surface area contributed by atoms with Crippen LogP contribution in [0.1, 0.15) is 56.9 Å². The summed E-state index contributed by atoms with van der Waals surface area (Å²) in [5.74, 6) is -1.03. The summed E-state index contributed by atoms with van der Waals surface area (Å²) in [6.07, 6.45) is 3.85. The zero-order valence-electron chi connectivity index (χ0n) is 21.0. The molecule has 0 bridgehead atoms. The third-order valence-corrected chi connectivity index (χ3v) is 5.90. The Balaban J connectivity index is 2.00. The molecule has 7 heteroatoms. The van der Waals surface area contributed by atoms with Crippen molar-refractivity contribution in [2.75, 3.05) is 22.5 Å². The topological polar surface area (TPSA) is 67.1 Å². The first kappa shape index (κ1) is 26.1. The van der Waals surface area contributed by atoms with Gasteiger partial charge in [0.2, 0.25) is 0 Å². The molecule has 3 aromatic rings. The number of unbranched alkanes of at least 4 members (excludes halogenated alkanes) is 2. The number of alkyl halides is 2. The Morgan fingerprint density at radius 1 is 1.09 bits per heavy atom. The maximum absolute atomic E-state index is 13.9. The van der Waals surface area contributed by atoms with Crippen LogP contribution in [0.25, 0.3) is 11.3 Å². The molecule has 35 heavy (non-hydrogen) atoms.